The van der Waals surface area contributed by atoms with Gasteiger partial charge in [0.15, 0.2) is 5.82 Å². The molecule has 1 fully saturated rings. The number of alkyl halides is 3. The molecule has 3 N–H and O–H groups in total. The van der Waals surface area contributed by atoms with Crippen LogP contribution in [-0.2, 0) is 31.4 Å². The number of pyridine rings is 1. The first-order valence-corrected chi connectivity index (χ1v) is 17.0. The highest BCUT2D eigenvalue weighted by atomic mass is 35.5. The summed E-state index contributed by atoms with van der Waals surface area (Å²) in [4.78, 5) is 36.1. The molecule has 1 saturated heterocycles. The number of aromatic nitrogens is 3. The second kappa shape index (κ2) is 15.8. The maximum Gasteiger partial charge on any atom is 0.387 e. The van der Waals surface area contributed by atoms with Gasteiger partial charge in [-0.1, -0.05) is 47.5 Å². The topological polar surface area (TPSA) is 113 Å². The van der Waals surface area contributed by atoms with Crippen molar-refractivity contribution in [1.82, 2.24) is 30.1 Å². The molecule has 15 heteroatoms. The number of nitrogens with zero attached hydrogens (tertiary/aromatic N) is 4. The van der Waals surface area contributed by atoms with Crippen LogP contribution < -0.4 is 20.7 Å². The summed E-state index contributed by atoms with van der Waals surface area (Å²) in [6, 6.07) is 11.7. The van der Waals surface area contributed by atoms with E-state index in [0.717, 1.165) is 17.9 Å². The number of carbonyl (C=O) groups excluding carboxylic acids is 2. The van der Waals surface area contributed by atoms with Gasteiger partial charge in [0, 0.05) is 92.8 Å². The van der Waals surface area contributed by atoms with Crippen molar-refractivity contribution >= 4 is 40.7 Å². The lowest BCUT2D eigenvalue weighted by Crippen LogP contribution is -2.35. The first-order chi connectivity index (χ1) is 24.1. The molecule has 2 aromatic carbocycles. The number of carbonyl (C=O) groups is 2. The first kappa shape index (κ1) is 35.6. The monoisotopic (exact) mass is 729 g/mol. The number of benzene rings is 2. The molecule has 4 aromatic rings. The average molecular weight is 731 g/mol. The van der Waals surface area contributed by atoms with Gasteiger partial charge in [0.1, 0.15) is 5.75 Å². The van der Waals surface area contributed by atoms with Crippen LogP contribution in [0.5, 0.6) is 5.75 Å². The smallest absolute Gasteiger partial charge is 0.387 e. The van der Waals surface area contributed by atoms with Crippen molar-refractivity contribution in [2.75, 3.05) is 31.6 Å². The normalized spacial score (nSPS) is 16.1. The van der Waals surface area contributed by atoms with Gasteiger partial charge in [0.2, 0.25) is 5.91 Å². The molecule has 4 heterocycles. The SMILES string of the molecule is Cn1c(C(=O)Nc2cccc(-c3ccnc(-c4ccc(CNC[C@H]5CCC(=O)N5)c(OC(F)F)c4)c3Cl)c2Cl)nc2c1CCN(CCCF)C2. The molecular formula is C35H36Cl2F3N7O3. The first-order valence-electron chi connectivity index (χ1n) is 16.3. The maximum atomic E-state index is 13.5. The van der Waals surface area contributed by atoms with Crippen LogP contribution in [0.2, 0.25) is 10.0 Å². The van der Waals surface area contributed by atoms with Gasteiger partial charge >= 0.3 is 6.61 Å². The van der Waals surface area contributed by atoms with Crippen LogP contribution in [0.25, 0.3) is 22.4 Å². The van der Waals surface area contributed by atoms with E-state index in [1.54, 1.807) is 48.0 Å². The van der Waals surface area contributed by atoms with E-state index in [-0.39, 0.29) is 46.8 Å². The lowest BCUT2D eigenvalue weighted by molar-refractivity contribution is -0.119. The summed E-state index contributed by atoms with van der Waals surface area (Å²) in [5.74, 6) is -0.240. The summed E-state index contributed by atoms with van der Waals surface area (Å²) in [5, 5.41) is 9.39. The Hall–Kier alpha value is -4.17. The average Bonchev–Trinajstić information content (AvgIpc) is 3.67. The predicted molar refractivity (Wildman–Crippen MR) is 185 cm³/mol. The van der Waals surface area contributed by atoms with Crippen LogP contribution in [0.15, 0.2) is 48.7 Å². The summed E-state index contributed by atoms with van der Waals surface area (Å²) in [6.07, 6.45) is 3.87. The number of ether oxygens (including phenoxy) is 1. The second-order valence-electron chi connectivity index (χ2n) is 12.2. The van der Waals surface area contributed by atoms with E-state index < -0.39 is 12.5 Å². The Balaban J connectivity index is 1.22. The molecule has 1 atom stereocenters. The molecule has 0 bridgehead atoms. The molecule has 50 heavy (non-hydrogen) atoms. The molecule has 6 rings (SSSR count). The lowest BCUT2D eigenvalue weighted by Gasteiger charge is -2.26. The van der Waals surface area contributed by atoms with Gasteiger partial charge in [-0.2, -0.15) is 8.78 Å². The number of amides is 2. The Morgan fingerprint density at radius 3 is 2.72 bits per heavy atom. The third kappa shape index (κ3) is 7.91. The van der Waals surface area contributed by atoms with Gasteiger partial charge in [0.25, 0.3) is 5.91 Å². The number of nitrogens with one attached hydrogen (secondary N) is 3. The Morgan fingerprint density at radius 1 is 1.14 bits per heavy atom. The lowest BCUT2D eigenvalue weighted by atomic mass is 10.0. The van der Waals surface area contributed by atoms with E-state index in [2.05, 4.69) is 30.8 Å². The quantitative estimate of drug-likeness (QED) is 0.146. The van der Waals surface area contributed by atoms with Crippen molar-refractivity contribution in [3.05, 3.63) is 81.5 Å². The van der Waals surface area contributed by atoms with Gasteiger partial charge in [-0.05, 0) is 31.0 Å². The predicted octanol–water partition coefficient (Wildman–Crippen LogP) is 6.40. The Bertz CT molecular complexity index is 1890. The van der Waals surface area contributed by atoms with Crippen molar-refractivity contribution < 1.29 is 27.5 Å². The number of anilines is 1. The molecule has 10 nitrogen and oxygen atoms in total. The second-order valence-corrected chi connectivity index (χ2v) is 13.0. The van der Waals surface area contributed by atoms with Gasteiger partial charge < -0.3 is 25.3 Å². The van der Waals surface area contributed by atoms with Crippen molar-refractivity contribution in [1.29, 1.82) is 0 Å². The third-order valence-corrected chi connectivity index (χ3v) is 9.71. The van der Waals surface area contributed by atoms with Crippen LogP contribution >= 0.6 is 23.2 Å². The standard InChI is InChI=1S/C35H36Cl2F3N7O3/c1-46-27-11-15-47(14-3-12-38)19-26(27)44-33(46)34(49)45-25-5-2-4-23(30(25)36)24-10-13-42-32(31(24)37)20-6-7-21(28(16-20)50-35(39)40)17-41-18-22-8-9-29(48)43-22/h2,4-7,10,13,16,22,35,41H,3,8-9,11-12,14-15,17-19H2,1H3,(H,43,48)(H,45,49)/t22-/m1/s1. The zero-order valence-corrected chi connectivity index (χ0v) is 28.8. The molecule has 264 valence electrons. The van der Waals surface area contributed by atoms with Crippen molar-refractivity contribution in [3.8, 4) is 28.1 Å². The summed E-state index contributed by atoms with van der Waals surface area (Å²) in [5.41, 5.74) is 4.40. The Labute approximate surface area is 297 Å². The molecule has 2 amide bonds. The van der Waals surface area contributed by atoms with Crippen LogP contribution in [0.1, 0.15) is 46.8 Å². The fourth-order valence-electron chi connectivity index (χ4n) is 6.39. The molecule has 2 aromatic heterocycles. The van der Waals surface area contributed by atoms with Crippen molar-refractivity contribution in [3.63, 3.8) is 0 Å². The van der Waals surface area contributed by atoms with Crippen molar-refractivity contribution in [2.24, 2.45) is 7.05 Å². The van der Waals surface area contributed by atoms with E-state index in [9.17, 15) is 22.8 Å². The highest BCUT2D eigenvalue weighted by Gasteiger charge is 2.26. The summed E-state index contributed by atoms with van der Waals surface area (Å²) in [6.45, 7) is -0.758. The summed E-state index contributed by atoms with van der Waals surface area (Å²) in [7, 11) is 1.80. The largest absolute Gasteiger partial charge is 0.434 e. The molecular weight excluding hydrogens is 694 g/mol. The van der Waals surface area contributed by atoms with Gasteiger partial charge in [-0.25, -0.2) is 4.98 Å². The van der Waals surface area contributed by atoms with E-state index >= 15 is 0 Å². The van der Waals surface area contributed by atoms with E-state index in [4.69, 9.17) is 27.9 Å². The number of imidazole rings is 1. The van der Waals surface area contributed by atoms with Crippen molar-refractivity contribution in [2.45, 2.75) is 51.4 Å². The molecule has 2 aliphatic heterocycles. The number of halogens is 5. The summed E-state index contributed by atoms with van der Waals surface area (Å²) >= 11 is 13.8. The third-order valence-electron chi connectivity index (χ3n) is 8.92. The van der Waals surface area contributed by atoms with Crippen LogP contribution in [0.3, 0.4) is 0 Å². The minimum absolute atomic E-state index is 0.00446. The molecule has 0 spiro atoms. The number of rotatable bonds is 13. The van der Waals surface area contributed by atoms with E-state index in [1.165, 1.54) is 12.3 Å². The highest BCUT2D eigenvalue weighted by molar-refractivity contribution is 6.39. The maximum absolute atomic E-state index is 13.5. The van der Waals surface area contributed by atoms with Gasteiger partial charge in [-0.15, -0.1) is 0 Å². The number of hydrogen-bond acceptors (Lipinski definition) is 7. The van der Waals surface area contributed by atoms with Gasteiger partial charge in [-0.3, -0.25) is 23.9 Å². The van der Waals surface area contributed by atoms with Crippen LogP contribution in [-0.4, -0.2) is 70.2 Å². The molecule has 2 aliphatic rings. The van der Waals surface area contributed by atoms with Crippen LogP contribution in [0, 0.1) is 0 Å². The highest BCUT2D eigenvalue weighted by Crippen LogP contribution is 2.41. The van der Waals surface area contributed by atoms with E-state index in [0.29, 0.717) is 79.0 Å². The fourth-order valence-corrected chi connectivity index (χ4v) is 6.99. The van der Waals surface area contributed by atoms with Crippen LogP contribution in [0.4, 0.5) is 18.9 Å². The minimum atomic E-state index is -3.05. The van der Waals surface area contributed by atoms with E-state index in [1.807, 2.05) is 0 Å². The zero-order valence-electron chi connectivity index (χ0n) is 27.2. The Kier molecular flexibility index (Phi) is 11.3. The molecule has 0 unspecified atom stereocenters. The minimum Gasteiger partial charge on any atom is -0.434 e. The zero-order chi connectivity index (χ0) is 35.4. The Morgan fingerprint density at radius 2 is 1.96 bits per heavy atom. The summed E-state index contributed by atoms with van der Waals surface area (Å²) < 4.78 is 46.2. The molecule has 0 radical (unpaired) electrons. The van der Waals surface area contributed by atoms with Gasteiger partial charge in [0.05, 0.1) is 33.8 Å². The molecule has 0 aliphatic carbocycles. The fraction of sp³-hybridized carbons (Fsp3) is 0.371. The molecule has 0 saturated carbocycles. The number of fused-ring (bicyclic) bond motifs is 1. The number of hydrogen-bond donors (Lipinski definition) is 3.